The van der Waals surface area contributed by atoms with E-state index in [4.69, 9.17) is 4.74 Å². The number of carbonyl (C=O) groups is 2. The van der Waals surface area contributed by atoms with Crippen molar-refractivity contribution in [1.82, 2.24) is 10.7 Å². The summed E-state index contributed by atoms with van der Waals surface area (Å²) in [5.41, 5.74) is 6.23. The molecular weight excluding hydrogens is 426 g/mol. The van der Waals surface area contributed by atoms with E-state index in [1.54, 1.807) is 0 Å². The van der Waals surface area contributed by atoms with Crippen LogP contribution in [0.2, 0.25) is 0 Å². The van der Waals surface area contributed by atoms with E-state index in [0.29, 0.717) is 11.0 Å². The van der Waals surface area contributed by atoms with Crippen molar-refractivity contribution in [2.45, 2.75) is 72.1 Å². The van der Waals surface area contributed by atoms with E-state index in [2.05, 4.69) is 47.1 Å². The summed E-state index contributed by atoms with van der Waals surface area (Å²) in [5.74, 6) is 0.102. The first-order valence-corrected chi connectivity index (χ1v) is 12.4. The number of carbonyl (C=O) groups excluding carboxylic acids is 2. The van der Waals surface area contributed by atoms with E-state index in [1.807, 2.05) is 52.8 Å². The maximum absolute atomic E-state index is 13.4. The summed E-state index contributed by atoms with van der Waals surface area (Å²) < 4.78 is 5.91. The number of likely N-dealkylation sites (tertiary alicyclic amines) is 1. The molecule has 1 aliphatic heterocycles. The lowest BCUT2D eigenvalue weighted by molar-refractivity contribution is -0.963. The third-order valence-electron chi connectivity index (χ3n) is 6.03. The first kappa shape index (κ1) is 25.8. The van der Waals surface area contributed by atoms with Crippen LogP contribution < -0.4 is 10.7 Å². The lowest BCUT2D eigenvalue weighted by Gasteiger charge is -2.35. The summed E-state index contributed by atoms with van der Waals surface area (Å²) in [6, 6.07) is 18.3. The Hall–Kier alpha value is -2.86. The number of nitrogens with one attached hydrogen (secondary N) is 2. The van der Waals surface area contributed by atoms with Crippen LogP contribution in [0.15, 0.2) is 54.6 Å². The summed E-state index contributed by atoms with van der Waals surface area (Å²) >= 11 is 0. The molecule has 1 heterocycles. The third-order valence-corrected chi connectivity index (χ3v) is 6.03. The minimum absolute atomic E-state index is 0.151. The van der Waals surface area contributed by atoms with Gasteiger partial charge in [-0.3, -0.25) is 4.79 Å². The SMILES string of the molecule is CC(C)C[C@H](NC(=O)OC(C)(C)C)C(=O)N[N+]1(Cc2ccc(-c3ccccc3)cc2)CCCC1. The van der Waals surface area contributed by atoms with E-state index in [1.165, 1.54) is 16.7 Å². The monoisotopic (exact) mass is 466 g/mol. The minimum atomic E-state index is -0.633. The van der Waals surface area contributed by atoms with Crippen LogP contribution in [0, 0.1) is 5.92 Å². The Labute approximate surface area is 204 Å². The molecule has 0 bridgehead atoms. The Morgan fingerprint density at radius 3 is 2.09 bits per heavy atom. The molecule has 3 rings (SSSR count). The van der Waals surface area contributed by atoms with Crippen LogP contribution >= 0.6 is 0 Å². The number of amides is 2. The van der Waals surface area contributed by atoms with Gasteiger partial charge in [0.25, 0.3) is 5.91 Å². The number of hydrogen-bond donors (Lipinski definition) is 2. The molecule has 2 N–H and O–H groups in total. The van der Waals surface area contributed by atoms with Crippen molar-refractivity contribution in [3.05, 3.63) is 60.2 Å². The maximum atomic E-state index is 13.4. The lowest BCUT2D eigenvalue weighted by Crippen LogP contribution is -2.62. The highest BCUT2D eigenvalue weighted by atomic mass is 16.6. The highest BCUT2D eigenvalue weighted by molar-refractivity contribution is 5.84. The number of nitrogens with zero attached hydrogens (tertiary/aromatic N) is 1. The van der Waals surface area contributed by atoms with Gasteiger partial charge in [0.15, 0.2) is 0 Å². The predicted molar refractivity (Wildman–Crippen MR) is 136 cm³/mol. The highest BCUT2D eigenvalue weighted by Crippen LogP contribution is 2.24. The minimum Gasteiger partial charge on any atom is -0.444 e. The number of alkyl carbamates (subject to hydrolysis) is 1. The average Bonchev–Trinajstić information content (AvgIpc) is 3.20. The molecule has 184 valence electrons. The fourth-order valence-corrected chi connectivity index (χ4v) is 4.50. The second-order valence-electron chi connectivity index (χ2n) is 10.8. The van der Waals surface area contributed by atoms with Crippen LogP contribution in [-0.2, 0) is 16.1 Å². The predicted octanol–water partition coefficient (Wildman–Crippen LogP) is 5.43. The molecular formula is C28H40N3O3+. The van der Waals surface area contributed by atoms with Crippen molar-refractivity contribution in [1.29, 1.82) is 0 Å². The summed E-state index contributed by atoms with van der Waals surface area (Å²) in [5, 5.41) is 2.80. The molecule has 0 aliphatic carbocycles. The molecule has 1 atom stereocenters. The first-order valence-electron chi connectivity index (χ1n) is 12.4. The summed E-state index contributed by atoms with van der Waals surface area (Å²) in [6.45, 7) is 12.0. The molecule has 1 aliphatic rings. The Morgan fingerprint density at radius 2 is 1.53 bits per heavy atom. The standard InChI is InChI=1S/C28H39N3O3/c1-21(2)19-25(29-27(33)34-28(3,4)5)26(32)30-31(17-9-10-18-31)20-22-13-15-24(16-14-22)23-11-7-6-8-12-23/h6-8,11-16,21,25H,9-10,17-20H2,1-5H3,(H-,29,30,32,33)/p+1/t25-/m0/s1. The van der Waals surface area contributed by atoms with Gasteiger partial charge in [0.2, 0.25) is 0 Å². The third kappa shape index (κ3) is 7.59. The van der Waals surface area contributed by atoms with Gasteiger partial charge < -0.3 is 10.1 Å². The van der Waals surface area contributed by atoms with Gasteiger partial charge in [-0.25, -0.2) is 9.39 Å². The molecule has 0 saturated carbocycles. The molecule has 1 saturated heterocycles. The molecule has 2 amide bonds. The lowest BCUT2D eigenvalue weighted by atomic mass is 10.0. The molecule has 6 nitrogen and oxygen atoms in total. The largest absolute Gasteiger partial charge is 0.444 e. The van der Waals surface area contributed by atoms with Crippen molar-refractivity contribution in [3.8, 4) is 11.1 Å². The van der Waals surface area contributed by atoms with E-state index in [0.717, 1.165) is 32.5 Å². The summed E-state index contributed by atoms with van der Waals surface area (Å²) in [4.78, 5) is 25.8. The number of ether oxygens (including phenoxy) is 1. The van der Waals surface area contributed by atoms with Gasteiger partial charge in [0.05, 0.1) is 0 Å². The Balaban J connectivity index is 1.71. The van der Waals surface area contributed by atoms with Gasteiger partial charge in [-0.15, -0.1) is 0 Å². The smallest absolute Gasteiger partial charge is 0.408 e. The van der Waals surface area contributed by atoms with Crippen LogP contribution in [0.5, 0.6) is 0 Å². The molecule has 0 spiro atoms. The van der Waals surface area contributed by atoms with Crippen molar-refractivity contribution in [2.75, 3.05) is 13.1 Å². The molecule has 2 aromatic rings. The maximum Gasteiger partial charge on any atom is 0.408 e. The molecule has 34 heavy (non-hydrogen) atoms. The topological polar surface area (TPSA) is 67.4 Å². The van der Waals surface area contributed by atoms with E-state index in [-0.39, 0.29) is 11.8 Å². The van der Waals surface area contributed by atoms with Crippen LogP contribution in [0.1, 0.15) is 59.4 Å². The zero-order valence-corrected chi connectivity index (χ0v) is 21.3. The van der Waals surface area contributed by atoms with Gasteiger partial charge in [-0.1, -0.05) is 68.4 Å². The molecule has 0 radical (unpaired) electrons. The van der Waals surface area contributed by atoms with Gasteiger partial charge in [-0.05, 0) is 44.2 Å². The van der Waals surface area contributed by atoms with Gasteiger partial charge in [-0.2, -0.15) is 5.43 Å². The Morgan fingerprint density at radius 1 is 0.941 bits per heavy atom. The van der Waals surface area contributed by atoms with E-state index in [9.17, 15) is 9.59 Å². The van der Waals surface area contributed by atoms with Crippen molar-refractivity contribution >= 4 is 12.0 Å². The molecule has 6 heteroatoms. The molecule has 1 fully saturated rings. The quantitative estimate of drug-likeness (QED) is 0.510. The van der Waals surface area contributed by atoms with Crippen LogP contribution in [0.3, 0.4) is 0 Å². The summed E-state index contributed by atoms with van der Waals surface area (Å²) in [7, 11) is 0. The normalized spacial score (nSPS) is 16.2. The van der Waals surface area contributed by atoms with E-state index >= 15 is 0 Å². The van der Waals surface area contributed by atoms with Crippen LogP contribution in [0.4, 0.5) is 4.79 Å². The number of benzene rings is 2. The number of rotatable bonds is 8. The van der Waals surface area contributed by atoms with Crippen molar-refractivity contribution in [3.63, 3.8) is 0 Å². The molecule has 0 aromatic heterocycles. The van der Waals surface area contributed by atoms with Gasteiger partial charge >= 0.3 is 6.09 Å². The van der Waals surface area contributed by atoms with Crippen molar-refractivity contribution in [2.24, 2.45) is 5.92 Å². The van der Waals surface area contributed by atoms with Gasteiger partial charge in [0, 0.05) is 18.4 Å². The zero-order chi connectivity index (χ0) is 24.8. The average molecular weight is 467 g/mol. The molecule has 2 aromatic carbocycles. The molecule has 0 unspecified atom stereocenters. The van der Waals surface area contributed by atoms with Gasteiger partial charge in [0.1, 0.15) is 31.3 Å². The summed E-state index contributed by atoms with van der Waals surface area (Å²) in [6.07, 6.45) is 2.13. The second-order valence-corrected chi connectivity index (χ2v) is 10.8. The second kappa shape index (κ2) is 11.0. The van der Waals surface area contributed by atoms with Crippen LogP contribution in [-0.4, -0.2) is 41.3 Å². The number of quaternary nitrogens is 1. The van der Waals surface area contributed by atoms with Crippen molar-refractivity contribution < 1.29 is 18.9 Å². The zero-order valence-electron chi connectivity index (χ0n) is 21.3. The van der Waals surface area contributed by atoms with E-state index < -0.39 is 17.7 Å². The fourth-order valence-electron chi connectivity index (χ4n) is 4.50. The Bertz CT molecular complexity index is 943. The number of hydrogen-bond acceptors (Lipinski definition) is 3. The highest BCUT2D eigenvalue weighted by Gasteiger charge is 2.37. The van der Waals surface area contributed by atoms with Crippen LogP contribution in [0.25, 0.3) is 11.1 Å². The Kier molecular flexibility index (Phi) is 8.37. The first-order chi connectivity index (χ1) is 16.1. The fraction of sp³-hybridized carbons (Fsp3) is 0.500.